The summed E-state index contributed by atoms with van der Waals surface area (Å²) in [6, 6.07) is 0. The maximum Gasteiger partial charge on any atom is 0.0773 e. The molecule has 0 bridgehead atoms. The Morgan fingerprint density at radius 1 is 1.10 bits per heavy atom. The summed E-state index contributed by atoms with van der Waals surface area (Å²) in [6.07, 6.45) is 10.1. The van der Waals surface area contributed by atoms with Crippen LogP contribution in [0.3, 0.4) is 0 Å². The Labute approximate surface area is 131 Å². The molecule has 0 amide bonds. The van der Waals surface area contributed by atoms with Crippen molar-refractivity contribution in [3.63, 3.8) is 0 Å². The molecule has 2 saturated carbocycles. The molecule has 0 N–H and O–H groups in total. The second-order valence-corrected chi connectivity index (χ2v) is 9.50. The van der Waals surface area contributed by atoms with Crippen LogP contribution in [0.5, 0.6) is 0 Å². The molecule has 1 heterocycles. The van der Waals surface area contributed by atoms with E-state index in [9.17, 15) is 0 Å². The van der Waals surface area contributed by atoms with Crippen molar-refractivity contribution in [2.45, 2.75) is 78.7 Å². The molecule has 1 spiro atoms. The van der Waals surface area contributed by atoms with Crippen LogP contribution in [0, 0.1) is 28.1 Å². The van der Waals surface area contributed by atoms with Crippen LogP contribution >= 0.6 is 0 Å². The van der Waals surface area contributed by atoms with E-state index in [4.69, 9.17) is 4.74 Å². The van der Waals surface area contributed by atoms with Crippen molar-refractivity contribution in [2.24, 2.45) is 28.1 Å². The zero-order valence-corrected chi connectivity index (χ0v) is 14.8. The molecule has 0 aromatic heterocycles. The molecule has 3 fully saturated rings. The first-order chi connectivity index (χ1) is 9.69. The lowest BCUT2D eigenvalue weighted by atomic mass is 9.44. The smallest absolute Gasteiger partial charge is 0.0773 e. The van der Waals surface area contributed by atoms with E-state index in [1.54, 1.807) is 0 Å². The highest BCUT2D eigenvalue weighted by Crippen LogP contribution is 2.67. The Balaban J connectivity index is 2.04. The Bertz CT molecular complexity index is 439. The standard InChI is InChI=1S/C20H34O/c1-7-18(5)13-20(21-14-18)15(2)9-10-16-17(3,4)11-8-12-19(16,20)6/h7,15-16H,1,8-14H2,2-6H3/t15-,16+,18+,19+,20-/m1/s1. The van der Waals surface area contributed by atoms with Gasteiger partial charge in [0.05, 0.1) is 12.2 Å². The summed E-state index contributed by atoms with van der Waals surface area (Å²) in [5, 5.41) is 0. The van der Waals surface area contributed by atoms with Gasteiger partial charge < -0.3 is 4.74 Å². The Morgan fingerprint density at radius 2 is 1.81 bits per heavy atom. The van der Waals surface area contributed by atoms with Crippen LogP contribution in [-0.2, 0) is 4.74 Å². The van der Waals surface area contributed by atoms with Crippen molar-refractivity contribution in [1.82, 2.24) is 0 Å². The van der Waals surface area contributed by atoms with Crippen LogP contribution in [-0.4, -0.2) is 12.2 Å². The van der Waals surface area contributed by atoms with Gasteiger partial charge in [-0.2, -0.15) is 0 Å². The highest BCUT2D eigenvalue weighted by molar-refractivity contribution is 5.17. The van der Waals surface area contributed by atoms with Gasteiger partial charge in [0.15, 0.2) is 0 Å². The van der Waals surface area contributed by atoms with Gasteiger partial charge in [-0.05, 0) is 49.4 Å². The molecule has 2 aliphatic carbocycles. The van der Waals surface area contributed by atoms with Crippen molar-refractivity contribution in [3.8, 4) is 0 Å². The van der Waals surface area contributed by atoms with Gasteiger partial charge in [-0.3, -0.25) is 0 Å². The summed E-state index contributed by atoms with van der Waals surface area (Å²) in [5.74, 6) is 1.48. The highest BCUT2D eigenvalue weighted by Gasteiger charge is 2.65. The van der Waals surface area contributed by atoms with Crippen LogP contribution < -0.4 is 0 Å². The van der Waals surface area contributed by atoms with E-state index in [0.29, 0.717) is 16.7 Å². The molecule has 1 aliphatic heterocycles. The van der Waals surface area contributed by atoms with Gasteiger partial charge >= 0.3 is 0 Å². The molecule has 0 unspecified atom stereocenters. The Kier molecular flexibility index (Phi) is 3.41. The zero-order chi connectivity index (χ0) is 15.5. The zero-order valence-electron chi connectivity index (χ0n) is 14.8. The first kappa shape index (κ1) is 15.6. The SMILES string of the molecule is C=C[C@]1(C)CO[C@]2(C1)[C@H](C)CC[C@H]1C(C)(C)CCC[C@@]12C. The number of fused-ring (bicyclic) bond motifs is 2. The molecule has 1 heteroatoms. The minimum atomic E-state index is 0.0799. The quantitative estimate of drug-likeness (QED) is 0.571. The Hall–Kier alpha value is -0.300. The van der Waals surface area contributed by atoms with Gasteiger partial charge in [0.25, 0.3) is 0 Å². The van der Waals surface area contributed by atoms with E-state index in [-0.39, 0.29) is 11.0 Å². The van der Waals surface area contributed by atoms with Gasteiger partial charge in [-0.15, -0.1) is 6.58 Å². The molecular formula is C20H34O. The van der Waals surface area contributed by atoms with Crippen molar-refractivity contribution >= 4 is 0 Å². The second-order valence-electron chi connectivity index (χ2n) is 9.50. The third-order valence-corrected chi connectivity index (χ3v) is 7.70. The third-order valence-electron chi connectivity index (χ3n) is 7.70. The molecule has 3 rings (SSSR count). The molecule has 0 aromatic carbocycles. The average molecular weight is 290 g/mol. The molecular weight excluding hydrogens is 256 g/mol. The van der Waals surface area contributed by atoms with Crippen LogP contribution in [0.1, 0.15) is 73.1 Å². The predicted octanol–water partition coefficient (Wildman–Crippen LogP) is 5.60. The number of hydrogen-bond acceptors (Lipinski definition) is 1. The molecule has 1 saturated heterocycles. The third kappa shape index (κ3) is 1.99. The van der Waals surface area contributed by atoms with Gasteiger partial charge in [0.2, 0.25) is 0 Å². The van der Waals surface area contributed by atoms with E-state index >= 15 is 0 Å². The van der Waals surface area contributed by atoms with Crippen molar-refractivity contribution in [2.75, 3.05) is 6.61 Å². The van der Waals surface area contributed by atoms with Crippen molar-refractivity contribution in [1.29, 1.82) is 0 Å². The molecule has 0 radical (unpaired) electrons. The van der Waals surface area contributed by atoms with Gasteiger partial charge in [0.1, 0.15) is 0 Å². The summed E-state index contributed by atoms with van der Waals surface area (Å²) in [5.41, 5.74) is 1.06. The maximum atomic E-state index is 6.69. The van der Waals surface area contributed by atoms with Gasteiger partial charge in [-0.1, -0.05) is 47.1 Å². The topological polar surface area (TPSA) is 9.23 Å². The molecule has 0 aromatic rings. The predicted molar refractivity (Wildman–Crippen MR) is 89.2 cm³/mol. The van der Waals surface area contributed by atoms with Crippen LogP contribution in [0.25, 0.3) is 0 Å². The van der Waals surface area contributed by atoms with E-state index in [0.717, 1.165) is 12.5 Å². The van der Waals surface area contributed by atoms with E-state index in [1.165, 1.54) is 38.5 Å². The van der Waals surface area contributed by atoms with E-state index in [2.05, 4.69) is 47.3 Å². The van der Waals surface area contributed by atoms with Gasteiger partial charge in [-0.25, -0.2) is 0 Å². The fraction of sp³-hybridized carbons (Fsp3) is 0.900. The normalized spacial score (nSPS) is 52.6. The summed E-state index contributed by atoms with van der Waals surface area (Å²) in [7, 11) is 0. The molecule has 21 heavy (non-hydrogen) atoms. The van der Waals surface area contributed by atoms with E-state index in [1.807, 2.05) is 0 Å². The molecule has 3 aliphatic rings. The minimum Gasteiger partial charge on any atom is -0.373 e. The maximum absolute atomic E-state index is 6.69. The minimum absolute atomic E-state index is 0.0799. The second kappa shape index (κ2) is 4.60. The summed E-state index contributed by atoms with van der Waals surface area (Å²) in [6.45, 7) is 17.3. The first-order valence-electron chi connectivity index (χ1n) is 8.97. The van der Waals surface area contributed by atoms with Crippen LogP contribution in [0.4, 0.5) is 0 Å². The number of ether oxygens (including phenoxy) is 1. The number of hydrogen-bond donors (Lipinski definition) is 0. The lowest BCUT2D eigenvalue weighted by molar-refractivity contribution is -0.213. The van der Waals surface area contributed by atoms with Crippen LogP contribution in [0.2, 0.25) is 0 Å². The van der Waals surface area contributed by atoms with Crippen molar-refractivity contribution < 1.29 is 4.74 Å². The number of rotatable bonds is 1. The highest BCUT2D eigenvalue weighted by atomic mass is 16.5. The molecule has 1 nitrogen and oxygen atoms in total. The fourth-order valence-electron chi connectivity index (χ4n) is 6.36. The summed E-state index contributed by atoms with van der Waals surface area (Å²) < 4.78 is 6.69. The fourth-order valence-corrected chi connectivity index (χ4v) is 6.36. The van der Waals surface area contributed by atoms with E-state index < -0.39 is 0 Å². The van der Waals surface area contributed by atoms with Crippen molar-refractivity contribution in [3.05, 3.63) is 12.7 Å². The Morgan fingerprint density at radius 3 is 2.43 bits per heavy atom. The largest absolute Gasteiger partial charge is 0.373 e. The monoisotopic (exact) mass is 290 g/mol. The van der Waals surface area contributed by atoms with Crippen LogP contribution in [0.15, 0.2) is 12.7 Å². The summed E-state index contributed by atoms with van der Waals surface area (Å²) >= 11 is 0. The van der Waals surface area contributed by atoms with Gasteiger partial charge in [0, 0.05) is 10.8 Å². The average Bonchev–Trinajstić information content (AvgIpc) is 2.76. The summed E-state index contributed by atoms with van der Waals surface area (Å²) in [4.78, 5) is 0. The lowest BCUT2D eigenvalue weighted by Crippen LogP contribution is -2.62. The first-order valence-corrected chi connectivity index (χ1v) is 8.97. The molecule has 5 atom stereocenters. The molecule has 120 valence electrons. The lowest BCUT2D eigenvalue weighted by Gasteiger charge is -2.63.